The summed E-state index contributed by atoms with van der Waals surface area (Å²) in [6.07, 6.45) is 0. The Morgan fingerprint density at radius 2 is 2.22 bits per heavy atom. The number of benzene rings is 1. The molecule has 1 atom stereocenters. The van der Waals surface area contributed by atoms with Crippen molar-refractivity contribution in [2.45, 2.75) is 33.4 Å². The molecule has 1 aromatic carbocycles. The summed E-state index contributed by atoms with van der Waals surface area (Å²) in [6.45, 7) is 7.84. The van der Waals surface area contributed by atoms with Crippen LogP contribution in [0.1, 0.15) is 36.8 Å². The summed E-state index contributed by atoms with van der Waals surface area (Å²) in [4.78, 5) is 0. The van der Waals surface area contributed by atoms with Crippen LogP contribution in [0.2, 0.25) is 0 Å². The summed E-state index contributed by atoms with van der Waals surface area (Å²) in [6, 6.07) is 8.56. The highest BCUT2D eigenvalue weighted by molar-refractivity contribution is 5.22. The van der Waals surface area contributed by atoms with Crippen molar-refractivity contribution in [1.29, 1.82) is 0 Å². The van der Waals surface area contributed by atoms with Crippen molar-refractivity contribution < 1.29 is 0 Å². The number of hydrogen-bond acceptors (Lipinski definition) is 4. The Morgan fingerprint density at radius 3 is 2.94 bits per heavy atom. The molecule has 96 valence electrons. The van der Waals surface area contributed by atoms with E-state index in [1.807, 2.05) is 4.68 Å². The lowest BCUT2D eigenvalue weighted by Gasteiger charge is -2.12. The first-order valence-corrected chi connectivity index (χ1v) is 6.25. The third kappa shape index (κ3) is 2.92. The SMILES string of the molecule is CCNC(C)c1nnnn1Cc1cccc(C)c1. The van der Waals surface area contributed by atoms with Gasteiger partial charge in [-0.05, 0) is 36.4 Å². The molecule has 0 saturated heterocycles. The van der Waals surface area contributed by atoms with Gasteiger partial charge in [-0.3, -0.25) is 0 Å². The highest BCUT2D eigenvalue weighted by Crippen LogP contribution is 2.11. The van der Waals surface area contributed by atoms with E-state index < -0.39 is 0 Å². The highest BCUT2D eigenvalue weighted by Gasteiger charge is 2.13. The number of aryl methyl sites for hydroxylation is 1. The molecule has 1 N–H and O–H groups in total. The van der Waals surface area contributed by atoms with Crippen molar-refractivity contribution in [3.05, 3.63) is 41.2 Å². The van der Waals surface area contributed by atoms with Gasteiger partial charge < -0.3 is 5.32 Å². The van der Waals surface area contributed by atoms with E-state index in [-0.39, 0.29) is 6.04 Å². The predicted molar refractivity (Wildman–Crippen MR) is 70.2 cm³/mol. The molecule has 5 heteroatoms. The van der Waals surface area contributed by atoms with Gasteiger partial charge in [0, 0.05) is 0 Å². The number of nitrogens with zero attached hydrogens (tertiary/aromatic N) is 4. The standard InChI is InChI=1S/C13H19N5/c1-4-14-11(3)13-15-16-17-18(13)9-12-7-5-6-10(2)8-12/h5-8,11,14H,4,9H2,1-3H3. The highest BCUT2D eigenvalue weighted by atomic mass is 15.5. The van der Waals surface area contributed by atoms with Gasteiger partial charge in [0.1, 0.15) is 0 Å². The van der Waals surface area contributed by atoms with Crippen LogP contribution >= 0.6 is 0 Å². The third-order valence-electron chi connectivity index (χ3n) is 2.87. The first-order chi connectivity index (χ1) is 8.70. The molecule has 18 heavy (non-hydrogen) atoms. The molecule has 0 aliphatic rings. The van der Waals surface area contributed by atoms with Gasteiger partial charge in [0.15, 0.2) is 5.82 Å². The summed E-state index contributed by atoms with van der Waals surface area (Å²) in [7, 11) is 0. The number of tetrazole rings is 1. The summed E-state index contributed by atoms with van der Waals surface area (Å²) >= 11 is 0. The Balaban J connectivity index is 2.17. The molecular weight excluding hydrogens is 226 g/mol. The molecule has 1 unspecified atom stereocenters. The van der Waals surface area contributed by atoms with E-state index in [0.29, 0.717) is 6.54 Å². The lowest BCUT2D eigenvalue weighted by molar-refractivity contribution is 0.516. The van der Waals surface area contributed by atoms with Gasteiger partial charge in [-0.2, -0.15) is 0 Å². The largest absolute Gasteiger partial charge is 0.308 e. The van der Waals surface area contributed by atoms with E-state index in [2.05, 4.69) is 65.9 Å². The van der Waals surface area contributed by atoms with Crippen molar-refractivity contribution in [1.82, 2.24) is 25.5 Å². The zero-order valence-corrected chi connectivity index (χ0v) is 11.1. The van der Waals surface area contributed by atoms with Crippen LogP contribution in [-0.4, -0.2) is 26.8 Å². The Hall–Kier alpha value is -1.75. The molecule has 0 spiro atoms. The van der Waals surface area contributed by atoms with E-state index in [4.69, 9.17) is 0 Å². The van der Waals surface area contributed by atoms with Crippen LogP contribution in [0.3, 0.4) is 0 Å². The Kier molecular flexibility index (Phi) is 4.04. The van der Waals surface area contributed by atoms with Gasteiger partial charge in [0.2, 0.25) is 0 Å². The molecule has 0 saturated carbocycles. The van der Waals surface area contributed by atoms with Crippen LogP contribution in [-0.2, 0) is 6.54 Å². The molecule has 0 aliphatic carbocycles. The van der Waals surface area contributed by atoms with Gasteiger partial charge in [-0.25, -0.2) is 4.68 Å². The predicted octanol–water partition coefficient (Wildman–Crippen LogP) is 1.70. The number of nitrogens with one attached hydrogen (secondary N) is 1. The van der Waals surface area contributed by atoms with Gasteiger partial charge in [-0.15, -0.1) is 5.10 Å². The van der Waals surface area contributed by atoms with Gasteiger partial charge in [-0.1, -0.05) is 36.8 Å². The minimum Gasteiger partial charge on any atom is -0.308 e. The zero-order chi connectivity index (χ0) is 13.0. The van der Waals surface area contributed by atoms with Crippen LogP contribution in [0.5, 0.6) is 0 Å². The second kappa shape index (κ2) is 5.73. The number of rotatable bonds is 5. The topological polar surface area (TPSA) is 55.6 Å². The molecule has 0 bridgehead atoms. The van der Waals surface area contributed by atoms with Crippen molar-refractivity contribution >= 4 is 0 Å². The average Bonchev–Trinajstić information content (AvgIpc) is 2.77. The Morgan fingerprint density at radius 1 is 1.39 bits per heavy atom. The fourth-order valence-corrected chi connectivity index (χ4v) is 2.02. The van der Waals surface area contributed by atoms with Gasteiger partial charge >= 0.3 is 0 Å². The van der Waals surface area contributed by atoms with E-state index in [1.54, 1.807) is 0 Å². The number of aromatic nitrogens is 4. The van der Waals surface area contributed by atoms with Crippen LogP contribution in [0.4, 0.5) is 0 Å². The minimum absolute atomic E-state index is 0.162. The molecule has 5 nitrogen and oxygen atoms in total. The quantitative estimate of drug-likeness (QED) is 0.871. The maximum atomic E-state index is 4.09. The molecule has 0 fully saturated rings. The summed E-state index contributed by atoms with van der Waals surface area (Å²) in [5.74, 6) is 0.873. The van der Waals surface area contributed by atoms with Crippen LogP contribution < -0.4 is 5.32 Å². The fourth-order valence-electron chi connectivity index (χ4n) is 2.02. The van der Waals surface area contributed by atoms with Crippen LogP contribution in [0, 0.1) is 6.92 Å². The molecule has 0 aliphatic heterocycles. The van der Waals surface area contributed by atoms with Crippen molar-refractivity contribution in [3.63, 3.8) is 0 Å². The number of hydrogen-bond donors (Lipinski definition) is 1. The van der Waals surface area contributed by atoms with E-state index in [0.717, 1.165) is 12.4 Å². The average molecular weight is 245 g/mol. The summed E-state index contributed by atoms with van der Waals surface area (Å²) in [5.41, 5.74) is 2.47. The van der Waals surface area contributed by atoms with Crippen LogP contribution in [0.15, 0.2) is 24.3 Å². The third-order valence-corrected chi connectivity index (χ3v) is 2.87. The lowest BCUT2D eigenvalue weighted by atomic mass is 10.1. The monoisotopic (exact) mass is 245 g/mol. The molecule has 1 heterocycles. The maximum Gasteiger partial charge on any atom is 0.168 e. The van der Waals surface area contributed by atoms with Crippen molar-refractivity contribution in [2.24, 2.45) is 0 Å². The van der Waals surface area contributed by atoms with E-state index in [9.17, 15) is 0 Å². The second-order valence-electron chi connectivity index (χ2n) is 4.46. The second-order valence-corrected chi connectivity index (χ2v) is 4.46. The molecular formula is C13H19N5. The molecule has 2 rings (SSSR count). The smallest absolute Gasteiger partial charge is 0.168 e. The fraction of sp³-hybridized carbons (Fsp3) is 0.462. The van der Waals surface area contributed by atoms with Gasteiger partial charge in [0.05, 0.1) is 12.6 Å². The first kappa shape index (κ1) is 12.7. The Labute approximate surface area is 107 Å². The maximum absolute atomic E-state index is 4.09. The van der Waals surface area contributed by atoms with Gasteiger partial charge in [0.25, 0.3) is 0 Å². The normalized spacial score (nSPS) is 12.6. The van der Waals surface area contributed by atoms with E-state index in [1.165, 1.54) is 11.1 Å². The molecule has 1 aromatic heterocycles. The molecule has 2 aromatic rings. The van der Waals surface area contributed by atoms with Crippen LogP contribution in [0.25, 0.3) is 0 Å². The lowest BCUT2D eigenvalue weighted by Crippen LogP contribution is -2.22. The summed E-state index contributed by atoms with van der Waals surface area (Å²) in [5, 5.41) is 15.2. The van der Waals surface area contributed by atoms with E-state index >= 15 is 0 Å². The Bertz CT molecular complexity index is 506. The minimum atomic E-state index is 0.162. The summed E-state index contributed by atoms with van der Waals surface area (Å²) < 4.78 is 1.85. The first-order valence-electron chi connectivity index (χ1n) is 6.25. The molecule has 0 radical (unpaired) electrons. The van der Waals surface area contributed by atoms with Crippen molar-refractivity contribution in [2.75, 3.05) is 6.54 Å². The molecule has 0 amide bonds. The zero-order valence-electron chi connectivity index (χ0n) is 11.1. The van der Waals surface area contributed by atoms with Crippen molar-refractivity contribution in [3.8, 4) is 0 Å².